The quantitative estimate of drug-likeness (QED) is 0.0967. The van der Waals surface area contributed by atoms with Crippen LogP contribution in [-0.2, 0) is 28.7 Å². The molecule has 2 amide bonds. The van der Waals surface area contributed by atoms with E-state index in [-0.39, 0.29) is 71.7 Å². The fourth-order valence-corrected chi connectivity index (χ4v) is 7.67. The number of ether oxygens (including phenoxy) is 2. The van der Waals surface area contributed by atoms with Crippen LogP contribution in [0.3, 0.4) is 0 Å². The highest BCUT2D eigenvalue weighted by molar-refractivity contribution is 6.18. The van der Waals surface area contributed by atoms with Crippen LogP contribution in [0.15, 0.2) is 50.1 Å². The summed E-state index contributed by atoms with van der Waals surface area (Å²) in [5, 5.41) is 0. The van der Waals surface area contributed by atoms with Gasteiger partial charge in [-0.1, -0.05) is 43.7 Å². The molecule has 0 N–H and O–H groups in total. The minimum absolute atomic E-state index is 0.00540. The van der Waals surface area contributed by atoms with Crippen molar-refractivity contribution in [2.45, 2.75) is 64.4 Å². The number of carbonyl (C=O) groups is 4. The van der Waals surface area contributed by atoms with E-state index in [1.165, 1.54) is 0 Å². The van der Waals surface area contributed by atoms with Crippen LogP contribution in [0, 0.1) is 46.8 Å². The maximum atomic E-state index is 13.3. The van der Waals surface area contributed by atoms with Crippen LogP contribution in [0.2, 0.25) is 0 Å². The van der Waals surface area contributed by atoms with Crippen LogP contribution in [0.5, 0.6) is 0 Å². The lowest BCUT2D eigenvalue weighted by Crippen LogP contribution is -2.36. The van der Waals surface area contributed by atoms with E-state index in [4.69, 9.17) is 21.1 Å². The Balaban J connectivity index is 1.39. The van der Waals surface area contributed by atoms with Crippen molar-refractivity contribution < 1.29 is 28.7 Å². The van der Waals surface area contributed by atoms with Crippen molar-refractivity contribution in [1.29, 1.82) is 0 Å². The summed E-state index contributed by atoms with van der Waals surface area (Å²) in [6.07, 6.45) is 15.4. The van der Waals surface area contributed by atoms with Gasteiger partial charge in [0.05, 0.1) is 23.1 Å². The fourth-order valence-electron chi connectivity index (χ4n) is 7.52. The molecule has 4 aliphatic rings. The Labute approximate surface area is 249 Å². The normalized spacial score (nSPS) is 35.8. The number of allylic oxidation sites excluding steroid dienone is 4. The number of rotatable bonds is 12. The van der Waals surface area contributed by atoms with Gasteiger partial charge in [-0.15, -0.1) is 24.8 Å². The van der Waals surface area contributed by atoms with Crippen LogP contribution in [0.25, 0.3) is 0 Å². The molecule has 0 aromatic heterocycles. The van der Waals surface area contributed by atoms with Gasteiger partial charge in [-0.3, -0.25) is 19.3 Å². The van der Waals surface area contributed by atoms with Crippen LogP contribution < -0.4 is 0 Å². The fraction of sp³-hybridized carbons (Fsp3) is 0.636. The molecule has 0 spiro atoms. The second-order valence-electron chi connectivity index (χ2n) is 12.5. The summed E-state index contributed by atoms with van der Waals surface area (Å²) in [6.45, 7) is 13.7. The average Bonchev–Trinajstić information content (AvgIpc) is 3.62. The van der Waals surface area contributed by atoms with Crippen LogP contribution >= 0.6 is 11.6 Å². The molecule has 41 heavy (non-hydrogen) atoms. The number of hydrogen-bond acceptors (Lipinski definition) is 6. The Hall–Kier alpha value is -2.67. The molecule has 3 aliphatic carbocycles. The van der Waals surface area contributed by atoms with Gasteiger partial charge in [0.15, 0.2) is 0 Å². The van der Waals surface area contributed by atoms with Gasteiger partial charge in [-0.25, -0.2) is 4.79 Å². The molecule has 224 valence electrons. The summed E-state index contributed by atoms with van der Waals surface area (Å²) >= 11 is 5.91. The molecule has 0 aromatic carbocycles. The van der Waals surface area contributed by atoms with E-state index < -0.39 is 17.5 Å². The van der Waals surface area contributed by atoms with E-state index in [1.807, 2.05) is 19.1 Å². The SMILES string of the molecule is C=CC(=O)OC(CCl)COC(=O)C1(C)CC(C=C)CC1/C=C\C1CC(C=C)C(CN2C(=O)C3CCCCC3C2=O)C1. The number of halogens is 1. The predicted molar refractivity (Wildman–Crippen MR) is 157 cm³/mol. The number of nitrogens with zero attached hydrogens (tertiary/aromatic N) is 1. The van der Waals surface area contributed by atoms with Crippen molar-refractivity contribution in [3.05, 3.63) is 50.1 Å². The van der Waals surface area contributed by atoms with Gasteiger partial charge in [0.1, 0.15) is 12.7 Å². The van der Waals surface area contributed by atoms with Gasteiger partial charge in [-0.2, -0.15) is 0 Å². The average molecular weight is 586 g/mol. The molecule has 1 saturated heterocycles. The summed E-state index contributed by atoms with van der Waals surface area (Å²) < 4.78 is 10.8. The molecule has 4 rings (SSSR count). The third-order valence-electron chi connectivity index (χ3n) is 9.94. The number of fused-ring (bicyclic) bond motifs is 1. The highest BCUT2D eigenvalue weighted by atomic mass is 35.5. The van der Waals surface area contributed by atoms with Gasteiger partial charge in [0.2, 0.25) is 11.8 Å². The molecular formula is C33H44ClNO6. The Morgan fingerprint density at radius 3 is 2.29 bits per heavy atom. The zero-order valence-corrected chi connectivity index (χ0v) is 24.9. The molecule has 0 bridgehead atoms. The highest BCUT2D eigenvalue weighted by Gasteiger charge is 2.50. The van der Waals surface area contributed by atoms with E-state index in [0.717, 1.165) is 51.0 Å². The first kappa shape index (κ1) is 31.3. The minimum atomic E-state index is -0.755. The summed E-state index contributed by atoms with van der Waals surface area (Å²) in [5.74, 6) is -0.360. The number of imide groups is 1. The summed E-state index contributed by atoms with van der Waals surface area (Å²) in [7, 11) is 0. The molecule has 1 heterocycles. The lowest BCUT2D eigenvalue weighted by Gasteiger charge is -2.28. The van der Waals surface area contributed by atoms with Gasteiger partial charge in [0.25, 0.3) is 0 Å². The molecule has 9 unspecified atom stereocenters. The first-order valence-corrected chi connectivity index (χ1v) is 15.5. The van der Waals surface area contributed by atoms with E-state index in [2.05, 4.69) is 31.9 Å². The number of esters is 2. The van der Waals surface area contributed by atoms with Gasteiger partial charge >= 0.3 is 11.9 Å². The van der Waals surface area contributed by atoms with E-state index in [1.54, 1.807) is 4.90 Å². The van der Waals surface area contributed by atoms with Crippen molar-refractivity contribution in [1.82, 2.24) is 4.90 Å². The minimum Gasteiger partial charge on any atom is -0.461 e. The molecular weight excluding hydrogens is 542 g/mol. The Morgan fingerprint density at radius 2 is 1.71 bits per heavy atom. The largest absolute Gasteiger partial charge is 0.461 e. The lowest BCUT2D eigenvalue weighted by molar-refractivity contribution is -0.163. The Bertz CT molecular complexity index is 1060. The first-order chi connectivity index (χ1) is 19.6. The highest BCUT2D eigenvalue weighted by Crippen LogP contribution is 2.49. The standard InChI is InChI=1S/C33H44ClNO6/c1-5-21-16-25(33(4,17-21)32(39)40-20-26(18-34)41-29(36)7-3)13-12-22-14-23(6-2)24(15-22)19-35-30(37)27-10-8-9-11-28(27)31(35)38/h5-7,12-13,21-28H,1-3,8-11,14-20H2,4H3/b13-12-. The van der Waals surface area contributed by atoms with Crippen molar-refractivity contribution in [2.24, 2.45) is 46.8 Å². The third-order valence-corrected chi connectivity index (χ3v) is 10.3. The topological polar surface area (TPSA) is 90.0 Å². The Morgan fingerprint density at radius 1 is 1.02 bits per heavy atom. The lowest BCUT2D eigenvalue weighted by atomic mass is 9.79. The number of likely N-dealkylation sites (tertiary alicyclic amines) is 1. The maximum absolute atomic E-state index is 13.3. The second kappa shape index (κ2) is 13.5. The van der Waals surface area contributed by atoms with Gasteiger partial charge in [-0.05, 0) is 75.0 Å². The monoisotopic (exact) mass is 585 g/mol. The third kappa shape index (κ3) is 6.71. The number of alkyl halides is 1. The molecule has 7 nitrogen and oxygen atoms in total. The summed E-state index contributed by atoms with van der Waals surface area (Å²) in [6, 6.07) is 0. The number of carbonyl (C=O) groups excluding carboxylic acids is 4. The maximum Gasteiger partial charge on any atom is 0.330 e. The smallest absolute Gasteiger partial charge is 0.330 e. The van der Waals surface area contributed by atoms with Gasteiger partial charge < -0.3 is 9.47 Å². The van der Waals surface area contributed by atoms with E-state index in [0.29, 0.717) is 13.0 Å². The molecule has 0 aromatic rings. The van der Waals surface area contributed by atoms with Crippen molar-refractivity contribution in [2.75, 3.05) is 19.0 Å². The van der Waals surface area contributed by atoms with Gasteiger partial charge in [0, 0.05) is 12.6 Å². The zero-order valence-electron chi connectivity index (χ0n) is 24.2. The predicted octanol–water partition coefficient (Wildman–Crippen LogP) is 5.64. The summed E-state index contributed by atoms with van der Waals surface area (Å²) in [5.41, 5.74) is -0.755. The first-order valence-electron chi connectivity index (χ1n) is 15.0. The van der Waals surface area contributed by atoms with Crippen LogP contribution in [-0.4, -0.2) is 53.8 Å². The molecule has 8 heteroatoms. The number of hydrogen-bond donors (Lipinski definition) is 0. The van der Waals surface area contributed by atoms with Crippen LogP contribution in [0.1, 0.15) is 58.3 Å². The molecule has 0 radical (unpaired) electrons. The molecule has 4 fully saturated rings. The molecule has 9 atom stereocenters. The second-order valence-corrected chi connectivity index (χ2v) is 12.8. The van der Waals surface area contributed by atoms with E-state index in [9.17, 15) is 19.2 Å². The summed E-state index contributed by atoms with van der Waals surface area (Å²) in [4.78, 5) is 52.6. The Kier molecular flexibility index (Phi) is 10.3. The van der Waals surface area contributed by atoms with Crippen molar-refractivity contribution in [3.63, 3.8) is 0 Å². The van der Waals surface area contributed by atoms with Crippen molar-refractivity contribution in [3.8, 4) is 0 Å². The van der Waals surface area contributed by atoms with E-state index >= 15 is 0 Å². The van der Waals surface area contributed by atoms with Crippen molar-refractivity contribution >= 4 is 35.4 Å². The molecule has 3 saturated carbocycles. The van der Waals surface area contributed by atoms with Crippen LogP contribution in [0.4, 0.5) is 0 Å². The zero-order chi connectivity index (χ0) is 29.7. The molecule has 1 aliphatic heterocycles. The number of amides is 2.